The monoisotopic (exact) mass is 407 g/mol. The summed E-state index contributed by atoms with van der Waals surface area (Å²) in [6, 6.07) is 12.7. The lowest BCUT2D eigenvalue weighted by molar-refractivity contribution is 0.0633. The molecule has 1 fully saturated rings. The van der Waals surface area contributed by atoms with Crippen molar-refractivity contribution in [2.24, 2.45) is 0 Å². The van der Waals surface area contributed by atoms with Crippen LogP contribution in [0.3, 0.4) is 0 Å². The van der Waals surface area contributed by atoms with E-state index in [9.17, 15) is 4.79 Å². The molecule has 1 saturated heterocycles. The molecule has 0 unspecified atom stereocenters. The standard InChI is InChI=1S/C25H33N3O2/c1-6-26-11-13-27(14-12-26)24(29)22-16-23-21(15-18(2)30-23)28(22)17-19-7-9-20(10-8-19)25(3,4)5/h7-10,15-16H,6,11-14,17H2,1-5H3. The van der Waals surface area contributed by atoms with Crippen molar-refractivity contribution in [2.75, 3.05) is 32.7 Å². The summed E-state index contributed by atoms with van der Waals surface area (Å²) in [5, 5.41) is 0. The molecule has 1 aromatic carbocycles. The van der Waals surface area contributed by atoms with Gasteiger partial charge in [0.05, 0.1) is 5.52 Å². The highest BCUT2D eigenvalue weighted by Crippen LogP contribution is 2.27. The van der Waals surface area contributed by atoms with Crippen molar-refractivity contribution in [1.29, 1.82) is 0 Å². The first kappa shape index (κ1) is 20.7. The second-order valence-corrected chi connectivity index (χ2v) is 9.40. The third-order valence-corrected chi connectivity index (χ3v) is 6.20. The van der Waals surface area contributed by atoms with Crippen LogP contribution in [-0.4, -0.2) is 53.0 Å². The predicted molar refractivity (Wildman–Crippen MR) is 121 cm³/mol. The normalized spacial score (nSPS) is 15.8. The molecule has 3 aromatic rings. The zero-order valence-corrected chi connectivity index (χ0v) is 18.9. The van der Waals surface area contributed by atoms with E-state index in [-0.39, 0.29) is 11.3 Å². The molecule has 1 amide bonds. The van der Waals surface area contributed by atoms with Gasteiger partial charge in [0.1, 0.15) is 11.5 Å². The first-order valence-corrected chi connectivity index (χ1v) is 11.0. The zero-order valence-electron chi connectivity index (χ0n) is 18.9. The van der Waals surface area contributed by atoms with E-state index in [0.29, 0.717) is 12.2 Å². The lowest BCUT2D eigenvalue weighted by atomic mass is 9.87. The topological polar surface area (TPSA) is 41.6 Å². The number of carbonyl (C=O) groups excluding carboxylic acids is 1. The summed E-state index contributed by atoms with van der Waals surface area (Å²) in [5.41, 5.74) is 5.12. The highest BCUT2D eigenvalue weighted by molar-refractivity contribution is 5.97. The van der Waals surface area contributed by atoms with Crippen molar-refractivity contribution < 1.29 is 9.21 Å². The van der Waals surface area contributed by atoms with Gasteiger partial charge >= 0.3 is 0 Å². The van der Waals surface area contributed by atoms with Crippen LogP contribution in [0.2, 0.25) is 0 Å². The Bertz CT molecular complexity index is 1030. The Hall–Kier alpha value is -2.53. The van der Waals surface area contributed by atoms with Crippen LogP contribution in [0.25, 0.3) is 11.1 Å². The highest BCUT2D eigenvalue weighted by atomic mass is 16.3. The number of carbonyl (C=O) groups is 1. The minimum absolute atomic E-state index is 0.0983. The molecule has 30 heavy (non-hydrogen) atoms. The van der Waals surface area contributed by atoms with Crippen LogP contribution in [0.4, 0.5) is 0 Å². The Morgan fingerprint density at radius 2 is 1.70 bits per heavy atom. The van der Waals surface area contributed by atoms with E-state index in [4.69, 9.17) is 4.42 Å². The third kappa shape index (κ3) is 4.04. The zero-order chi connectivity index (χ0) is 21.5. The number of benzene rings is 1. The van der Waals surface area contributed by atoms with Crippen molar-refractivity contribution in [3.63, 3.8) is 0 Å². The molecule has 5 heteroatoms. The molecule has 0 aliphatic carbocycles. The number of aromatic nitrogens is 1. The lowest BCUT2D eigenvalue weighted by Crippen LogP contribution is -2.48. The van der Waals surface area contributed by atoms with E-state index in [1.807, 2.05) is 24.0 Å². The molecule has 3 heterocycles. The van der Waals surface area contributed by atoms with Gasteiger partial charge in [-0.3, -0.25) is 4.79 Å². The molecule has 0 atom stereocenters. The molecular weight excluding hydrogens is 374 g/mol. The Labute approximate surface area is 179 Å². The molecule has 2 aromatic heterocycles. The van der Waals surface area contributed by atoms with Gasteiger partial charge in [0.25, 0.3) is 5.91 Å². The van der Waals surface area contributed by atoms with Gasteiger partial charge in [-0.25, -0.2) is 0 Å². The molecule has 0 saturated carbocycles. The molecule has 0 spiro atoms. The lowest BCUT2D eigenvalue weighted by Gasteiger charge is -2.34. The van der Waals surface area contributed by atoms with Crippen molar-refractivity contribution in [3.05, 3.63) is 59.0 Å². The van der Waals surface area contributed by atoms with E-state index in [2.05, 4.69) is 61.4 Å². The summed E-state index contributed by atoms with van der Waals surface area (Å²) in [6.45, 7) is 15.9. The predicted octanol–water partition coefficient (Wildman–Crippen LogP) is 4.67. The Morgan fingerprint density at radius 1 is 1.03 bits per heavy atom. The molecular formula is C25H33N3O2. The number of furan rings is 1. The van der Waals surface area contributed by atoms with E-state index in [1.54, 1.807) is 0 Å². The fourth-order valence-electron chi connectivity index (χ4n) is 4.23. The second-order valence-electron chi connectivity index (χ2n) is 9.40. The van der Waals surface area contributed by atoms with Crippen molar-refractivity contribution in [1.82, 2.24) is 14.4 Å². The number of hydrogen-bond acceptors (Lipinski definition) is 3. The molecule has 0 bridgehead atoms. The number of aryl methyl sites for hydroxylation is 1. The molecule has 5 nitrogen and oxygen atoms in total. The van der Waals surface area contributed by atoms with Gasteiger partial charge in [0.2, 0.25) is 0 Å². The van der Waals surface area contributed by atoms with Crippen LogP contribution >= 0.6 is 0 Å². The third-order valence-electron chi connectivity index (χ3n) is 6.20. The van der Waals surface area contributed by atoms with E-state index < -0.39 is 0 Å². The van der Waals surface area contributed by atoms with Crippen LogP contribution in [0.1, 0.15) is 55.1 Å². The quantitative estimate of drug-likeness (QED) is 0.631. The van der Waals surface area contributed by atoms with Crippen LogP contribution in [0, 0.1) is 6.92 Å². The van der Waals surface area contributed by atoms with Crippen LogP contribution in [0.15, 0.2) is 40.8 Å². The van der Waals surface area contributed by atoms with Gasteiger partial charge < -0.3 is 18.8 Å². The van der Waals surface area contributed by atoms with Crippen LogP contribution in [-0.2, 0) is 12.0 Å². The molecule has 4 rings (SSSR count). The SMILES string of the molecule is CCN1CCN(C(=O)c2cc3oc(C)cc3n2Cc2ccc(C(C)(C)C)cc2)CC1. The van der Waals surface area contributed by atoms with Crippen molar-refractivity contribution in [3.8, 4) is 0 Å². The average Bonchev–Trinajstić information content (AvgIpc) is 3.24. The van der Waals surface area contributed by atoms with Crippen molar-refractivity contribution >= 4 is 17.0 Å². The smallest absolute Gasteiger partial charge is 0.270 e. The largest absolute Gasteiger partial charge is 0.460 e. The van der Waals surface area contributed by atoms with Gasteiger partial charge in [0, 0.05) is 44.9 Å². The number of amides is 1. The Kier molecular flexibility index (Phi) is 5.49. The number of hydrogen-bond donors (Lipinski definition) is 0. The first-order valence-electron chi connectivity index (χ1n) is 11.0. The fourth-order valence-corrected chi connectivity index (χ4v) is 4.23. The summed E-state index contributed by atoms with van der Waals surface area (Å²) in [5.74, 6) is 0.966. The van der Waals surface area contributed by atoms with Gasteiger partial charge in [-0.15, -0.1) is 0 Å². The average molecular weight is 408 g/mol. The van der Waals surface area contributed by atoms with Crippen molar-refractivity contribution in [2.45, 2.75) is 46.6 Å². The first-order chi connectivity index (χ1) is 14.3. The molecule has 1 aliphatic rings. The van der Waals surface area contributed by atoms with Gasteiger partial charge in [-0.05, 0) is 30.0 Å². The second kappa shape index (κ2) is 7.95. The summed E-state index contributed by atoms with van der Waals surface area (Å²) >= 11 is 0. The summed E-state index contributed by atoms with van der Waals surface area (Å²) in [4.78, 5) is 17.8. The number of likely N-dealkylation sites (N-methyl/N-ethyl adjacent to an activating group) is 1. The minimum atomic E-state index is 0.0983. The summed E-state index contributed by atoms with van der Waals surface area (Å²) < 4.78 is 7.98. The van der Waals surface area contributed by atoms with Gasteiger partial charge in [0.15, 0.2) is 5.58 Å². The van der Waals surface area contributed by atoms with E-state index in [1.165, 1.54) is 11.1 Å². The van der Waals surface area contributed by atoms with Crippen LogP contribution < -0.4 is 0 Å². The number of piperazine rings is 1. The van der Waals surface area contributed by atoms with Gasteiger partial charge in [-0.1, -0.05) is 52.0 Å². The number of nitrogens with zero attached hydrogens (tertiary/aromatic N) is 3. The maximum atomic E-state index is 13.4. The van der Waals surface area contributed by atoms with Crippen LogP contribution in [0.5, 0.6) is 0 Å². The maximum absolute atomic E-state index is 13.4. The summed E-state index contributed by atoms with van der Waals surface area (Å²) in [7, 11) is 0. The molecule has 1 aliphatic heterocycles. The number of fused-ring (bicyclic) bond motifs is 1. The van der Waals surface area contributed by atoms with E-state index in [0.717, 1.165) is 49.6 Å². The fraction of sp³-hybridized carbons (Fsp3) is 0.480. The minimum Gasteiger partial charge on any atom is -0.460 e. The Balaban J connectivity index is 1.64. The Morgan fingerprint density at radius 3 is 2.30 bits per heavy atom. The summed E-state index contributed by atoms with van der Waals surface area (Å²) in [6.07, 6.45) is 0. The van der Waals surface area contributed by atoms with Gasteiger partial charge in [-0.2, -0.15) is 0 Å². The molecule has 0 N–H and O–H groups in total. The highest BCUT2D eigenvalue weighted by Gasteiger charge is 2.26. The maximum Gasteiger partial charge on any atom is 0.270 e. The number of rotatable bonds is 4. The van der Waals surface area contributed by atoms with E-state index >= 15 is 0 Å². The molecule has 160 valence electrons. The molecule has 0 radical (unpaired) electrons.